The number of halogens is 1. The molecule has 3 aromatic rings. The smallest absolute Gasteiger partial charge is 0.143 e. The quantitative estimate of drug-likeness (QED) is 0.770. The van der Waals surface area contributed by atoms with E-state index >= 15 is 0 Å². The van der Waals surface area contributed by atoms with Gasteiger partial charge in [0.05, 0.1) is 12.0 Å². The van der Waals surface area contributed by atoms with Crippen LogP contribution in [0.15, 0.2) is 36.7 Å². The number of fused-ring (bicyclic) bond motifs is 1. The first-order valence-electron chi connectivity index (χ1n) is 8.46. The van der Waals surface area contributed by atoms with Gasteiger partial charge in [0.25, 0.3) is 0 Å². The number of aliphatic hydroxyl groups excluding tert-OH is 1. The summed E-state index contributed by atoms with van der Waals surface area (Å²) >= 11 is 0. The largest absolute Gasteiger partial charge is 0.392 e. The van der Waals surface area contributed by atoms with E-state index < -0.39 is 0 Å². The Balaban J connectivity index is 1.73. The molecule has 0 amide bonds. The average molecular weight is 340 g/mol. The van der Waals surface area contributed by atoms with Crippen LogP contribution in [-0.2, 0) is 6.61 Å². The molecule has 4 rings (SSSR count). The van der Waals surface area contributed by atoms with Gasteiger partial charge in [-0.2, -0.15) is 0 Å². The van der Waals surface area contributed by atoms with Crippen molar-refractivity contribution >= 4 is 16.7 Å². The van der Waals surface area contributed by atoms with E-state index in [2.05, 4.69) is 26.8 Å². The van der Waals surface area contributed by atoms with E-state index in [1.54, 1.807) is 12.3 Å². The Kier molecular flexibility index (Phi) is 4.15. The fraction of sp³-hybridized carbons (Fsp3) is 0.316. The number of aliphatic hydroxyl groups is 1. The molecule has 0 saturated carbocycles. The number of hydrogen-bond acceptors (Lipinski definition) is 4. The number of benzene rings is 1. The average Bonchev–Trinajstić information content (AvgIpc) is 3.12. The van der Waals surface area contributed by atoms with Crippen molar-refractivity contribution in [2.45, 2.75) is 6.61 Å². The van der Waals surface area contributed by atoms with Gasteiger partial charge in [-0.25, -0.2) is 9.37 Å². The van der Waals surface area contributed by atoms with E-state index in [1.807, 2.05) is 18.2 Å². The number of nitrogens with zero attached hydrogens (tertiary/aromatic N) is 3. The summed E-state index contributed by atoms with van der Waals surface area (Å²) in [7, 11) is 2.12. The van der Waals surface area contributed by atoms with Crippen LogP contribution in [0.4, 0.5) is 10.1 Å². The molecule has 1 aliphatic heterocycles. The topological polar surface area (TPSA) is 55.4 Å². The van der Waals surface area contributed by atoms with Crippen molar-refractivity contribution in [1.29, 1.82) is 0 Å². The zero-order valence-corrected chi connectivity index (χ0v) is 14.2. The predicted molar refractivity (Wildman–Crippen MR) is 97.1 cm³/mol. The minimum Gasteiger partial charge on any atom is -0.392 e. The maximum atomic E-state index is 14.8. The molecule has 0 atom stereocenters. The molecular formula is C19H21FN4O. The molecule has 2 aromatic heterocycles. The van der Waals surface area contributed by atoms with Crippen molar-refractivity contribution in [3.8, 4) is 11.1 Å². The second kappa shape index (κ2) is 6.46. The summed E-state index contributed by atoms with van der Waals surface area (Å²) in [5.74, 6) is -0.312. The molecule has 1 saturated heterocycles. The molecule has 5 nitrogen and oxygen atoms in total. The maximum absolute atomic E-state index is 14.8. The molecule has 0 unspecified atom stereocenters. The summed E-state index contributed by atoms with van der Waals surface area (Å²) in [6.45, 7) is 3.79. The van der Waals surface area contributed by atoms with Crippen LogP contribution in [0.5, 0.6) is 0 Å². The van der Waals surface area contributed by atoms with Gasteiger partial charge in [0.1, 0.15) is 11.5 Å². The van der Waals surface area contributed by atoms with Gasteiger partial charge in [-0.15, -0.1) is 0 Å². The standard InChI is InChI=1S/C19H21FN4O/c1-23-6-8-24(9-7-23)14-2-3-15(13(10-14)12-25)17-11-22-19-16(18(17)20)4-5-21-19/h2-5,10-11,25H,6-9,12H2,1H3,(H,21,22). The van der Waals surface area contributed by atoms with Gasteiger partial charge in [0.2, 0.25) is 0 Å². The van der Waals surface area contributed by atoms with E-state index in [1.165, 1.54) is 6.20 Å². The van der Waals surface area contributed by atoms with Gasteiger partial charge in [0, 0.05) is 49.8 Å². The number of likely N-dealkylation sites (N-methyl/N-ethyl adjacent to an activating group) is 1. The van der Waals surface area contributed by atoms with Gasteiger partial charge in [-0.3, -0.25) is 0 Å². The first kappa shape index (κ1) is 16.1. The number of anilines is 1. The van der Waals surface area contributed by atoms with E-state index in [0.29, 0.717) is 27.7 Å². The van der Waals surface area contributed by atoms with Crippen LogP contribution in [0.1, 0.15) is 5.56 Å². The zero-order valence-electron chi connectivity index (χ0n) is 14.2. The number of aromatic nitrogens is 2. The first-order chi connectivity index (χ1) is 12.2. The predicted octanol–water partition coefficient (Wildman–Crippen LogP) is 2.61. The van der Waals surface area contributed by atoms with Gasteiger partial charge in [-0.1, -0.05) is 6.07 Å². The highest BCUT2D eigenvalue weighted by Gasteiger charge is 2.18. The van der Waals surface area contributed by atoms with Crippen molar-refractivity contribution < 1.29 is 9.50 Å². The molecule has 6 heteroatoms. The fourth-order valence-corrected chi connectivity index (χ4v) is 3.40. The number of piperazine rings is 1. The second-order valence-electron chi connectivity index (χ2n) is 6.52. The third kappa shape index (κ3) is 2.88. The molecule has 130 valence electrons. The van der Waals surface area contributed by atoms with Gasteiger partial charge in [0.15, 0.2) is 0 Å². The van der Waals surface area contributed by atoms with E-state index in [0.717, 1.165) is 31.9 Å². The zero-order chi connectivity index (χ0) is 17.4. The lowest BCUT2D eigenvalue weighted by molar-refractivity contribution is 0.282. The minimum atomic E-state index is -0.312. The van der Waals surface area contributed by atoms with Crippen molar-refractivity contribution in [1.82, 2.24) is 14.9 Å². The summed E-state index contributed by atoms with van der Waals surface area (Å²) in [4.78, 5) is 11.8. The molecule has 0 radical (unpaired) electrons. The van der Waals surface area contributed by atoms with Crippen LogP contribution in [-0.4, -0.2) is 53.2 Å². The number of nitrogens with one attached hydrogen (secondary N) is 1. The number of pyridine rings is 1. The van der Waals surface area contributed by atoms with Crippen LogP contribution in [0.25, 0.3) is 22.2 Å². The lowest BCUT2D eigenvalue weighted by atomic mass is 9.99. The molecule has 0 spiro atoms. The van der Waals surface area contributed by atoms with Gasteiger partial charge >= 0.3 is 0 Å². The van der Waals surface area contributed by atoms with Crippen molar-refractivity contribution in [2.24, 2.45) is 0 Å². The molecular weight excluding hydrogens is 319 g/mol. The van der Waals surface area contributed by atoms with Crippen molar-refractivity contribution in [2.75, 3.05) is 38.1 Å². The summed E-state index contributed by atoms with van der Waals surface area (Å²) in [5.41, 5.74) is 3.42. The van der Waals surface area contributed by atoms with Crippen LogP contribution in [0.2, 0.25) is 0 Å². The number of hydrogen-bond donors (Lipinski definition) is 2. The fourth-order valence-electron chi connectivity index (χ4n) is 3.40. The van der Waals surface area contributed by atoms with Crippen LogP contribution in [0, 0.1) is 5.82 Å². The summed E-state index contributed by atoms with van der Waals surface area (Å²) in [6.07, 6.45) is 3.20. The Bertz CT molecular complexity index is 900. The second-order valence-corrected chi connectivity index (χ2v) is 6.52. The third-order valence-corrected chi connectivity index (χ3v) is 4.94. The molecule has 0 bridgehead atoms. The molecule has 25 heavy (non-hydrogen) atoms. The number of aromatic amines is 1. The molecule has 1 fully saturated rings. The summed E-state index contributed by atoms with van der Waals surface area (Å²) < 4.78 is 14.8. The Morgan fingerprint density at radius 3 is 2.72 bits per heavy atom. The highest BCUT2D eigenvalue weighted by Crippen LogP contribution is 2.32. The Morgan fingerprint density at radius 2 is 1.96 bits per heavy atom. The van der Waals surface area contributed by atoms with Gasteiger partial charge < -0.3 is 19.9 Å². The number of rotatable bonds is 3. The highest BCUT2D eigenvalue weighted by molar-refractivity contribution is 5.83. The van der Waals surface area contributed by atoms with E-state index in [4.69, 9.17) is 0 Å². The molecule has 3 heterocycles. The molecule has 1 aliphatic rings. The van der Waals surface area contributed by atoms with Crippen LogP contribution < -0.4 is 4.90 Å². The van der Waals surface area contributed by atoms with E-state index in [9.17, 15) is 9.50 Å². The SMILES string of the molecule is CN1CCN(c2ccc(-c3cnc4[nH]ccc4c3F)c(CO)c2)CC1. The van der Waals surface area contributed by atoms with Crippen LogP contribution in [0.3, 0.4) is 0 Å². The third-order valence-electron chi connectivity index (χ3n) is 4.94. The summed E-state index contributed by atoms with van der Waals surface area (Å²) in [6, 6.07) is 7.53. The lowest BCUT2D eigenvalue weighted by Crippen LogP contribution is -2.44. The Morgan fingerprint density at radius 1 is 1.16 bits per heavy atom. The van der Waals surface area contributed by atoms with Gasteiger partial charge in [-0.05, 0) is 36.4 Å². The van der Waals surface area contributed by atoms with Crippen molar-refractivity contribution in [3.05, 3.63) is 48.0 Å². The minimum absolute atomic E-state index is 0.137. The van der Waals surface area contributed by atoms with E-state index in [-0.39, 0.29) is 12.4 Å². The molecule has 1 aromatic carbocycles. The van der Waals surface area contributed by atoms with Crippen molar-refractivity contribution in [3.63, 3.8) is 0 Å². The monoisotopic (exact) mass is 340 g/mol. The molecule has 2 N–H and O–H groups in total. The lowest BCUT2D eigenvalue weighted by Gasteiger charge is -2.34. The maximum Gasteiger partial charge on any atom is 0.143 e. The Labute approximate surface area is 145 Å². The molecule has 0 aliphatic carbocycles. The normalized spacial score (nSPS) is 15.9. The first-order valence-corrected chi connectivity index (χ1v) is 8.46. The number of H-pyrrole nitrogens is 1. The Hall–Kier alpha value is -2.44. The summed E-state index contributed by atoms with van der Waals surface area (Å²) in [5, 5.41) is 10.3. The highest BCUT2D eigenvalue weighted by atomic mass is 19.1. The van der Waals surface area contributed by atoms with Crippen LogP contribution >= 0.6 is 0 Å².